The van der Waals surface area contributed by atoms with Crippen LogP contribution >= 0.6 is 0 Å². The van der Waals surface area contributed by atoms with Crippen molar-refractivity contribution in [1.29, 1.82) is 0 Å². The molecule has 2 aromatic carbocycles. The average Bonchev–Trinajstić information content (AvgIpc) is 2.77. The van der Waals surface area contributed by atoms with Crippen LogP contribution in [0.3, 0.4) is 0 Å². The van der Waals surface area contributed by atoms with Gasteiger partial charge >= 0.3 is 0 Å². The molecule has 6 nitrogen and oxygen atoms in total. The van der Waals surface area contributed by atoms with Gasteiger partial charge in [0.25, 0.3) is 5.91 Å². The molecule has 2 aliphatic rings. The van der Waals surface area contributed by atoms with E-state index in [1.54, 1.807) is 26.4 Å². The molecular weight excluding hydrogens is 356 g/mol. The van der Waals surface area contributed by atoms with Gasteiger partial charge < -0.3 is 19.1 Å². The van der Waals surface area contributed by atoms with Crippen LogP contribution in [0.15, 0.2) is 42.5 Å². The number of hydrogen-bond donors (Lipinski definition) is 0. The molecule has 148 valence electrons. The number of piperazine rings is 1. The van der Waals surface area contributed by atoms with Crippen molar-refractivity contribution in [3.05, 3.63) is 53.6 Å². The van der Waals surface area contributed by atoms with Crippen LogP contribution in [0.5, 0.6) is 17.2 Å². The van der Waals surface area contributed by atoms with Crippen LogP contribution in [0.2, 0.25) is 0 Å². The van der Waals surface area contributed by atoms with Crippen LogP contribution in [0, 0.1) is 0 Å². The fourth-order valence-electron chi connectivity index (χ4n) is 4.16. The predicted octanol–water partition coefficient (Wildman–Crippen LogP) is 2.99. The molecule has 1 saturated heterocycles. The summed E-state index contributed by atoms with van der Waals surface area (Å²) < 4.78 is 16.6. The zero-order chi connectivity index (χ0) is 19.5. The number of hydrogen-bond acceptors (Lipinski definition) is 5. The van der Waals surface area contributed by atoms with E-state index in [-0.39, 0.29) is 5.91 Å². The van der Waals surface area contributed by atoms with Crippen LogP contribution in [-0.2, 0) is 0 Å². The van der Waals surface area contributed by atoms with Crippen molar-refractivity contribution < 1.29 is 19.0 Å². The first-order valence-electron chi connectivity index (χ1n) is 9.69. The predicted molar refractivity (Wildman–Crippen MR) is 106 cm³/mol. The number of carbonyl (C=O) groups excluding carboxylic acids is 1. The number of ether oxygens (including phenoxy) is 3. The van der Waals surface area contributed by atoms with Crippen molar-refractivity contribution in [1.82, 2.24) is 9.80 Å². The molecular formula is C22H26N2O4. The number of fused-ring (bicyclic) bond motifs is 1. The van der Waals surface area contributed by atoms with E-state index in [4.69, 9.17) is 14.2 Å². The van der Waals surface area contributed by atoms with Crippen molar-refractivity contribution in [3.8, 4) is 17.2 Å². The molecule has 0 bridgehead atoms. The SMILES string of the molecule is COc1cccc(OC)c1C(=O)N1CCN(C2CCOc3ccccc32)CC1. The Balaban J connectivity index is 1.48. The quantitative estimate of drug-likeness (QED) is 0.814. The Morgan fingerprint density at radius 2 is 1.64 bits per heavy atom. The molecule has 6 heteroatoms. The van der Waals surface area contributed by atoms with Gasteiger partial charge in [0.05, 0.1) is 20.8 Å². The zero-order valence-electron chi connectivity index (χ0n) is 16.4. The Morgan fingerprint density at radius 1 is 0.964 bits per heavy atom. The van der Waals surface area contributed by atoms with Gasteiger partial charge in [0.1, 0.15) is 22.8 Å². The lowest BCUT2D eigenvalue weighted by Crippen LogP contribution is -2.50. The van der Waals surface area contributed by atoms with E-state index in [9.17, 15) is 4.79 Å². The first-order chi connectivity index (χ1) is 13.7. The van der Waals surface area contributed by atoms with Gasteiger partial charge in [-0.05, 0) is 18.2 Å². The highest BCUT2D eigenvalue weighted by molar-refractivity contribution is 5.99. The molecule has 0 radical (unpaired) electrons. The largest absolute Gasteiger partial charge is 0.496 e. The van der Waals surface area contributed by atoms with Crippen molar-refractivity contribution >= 4 is 5.91 Å². The Morgan fingerprint density at radius 3 is 2.32 bits per heavy atom. The summed E-state index contributed by atoms with van der Waals surface area (Å²) in [5.41, 5.74) is 1.75. The summed E-state index contributed by atoms with van der Waals surface area (Å²) in [7, 11) is 3.15. The summed E-state index contributed by atoms with van der Waals surface area (Å²) in [5, 5.41) is 0. The monoisotopic (exact) mass is 382 g/mol. The van der Waals surface area contributed by atoms with Crippen LogP contribution in [0.25, 0.3) is 0 Å². The third-order valence-corrected chi connectivity index (χ3v) is 5.61. The van der Waals surface area contributed by atoms with Crippen molar-refractivity contribution in [3.63, 3.8) is 0 Å². The first kappa shape index (κ1) is 18.6. The fraction of sp³-hybridized carbons (Fsp3) is 0.409. The van der Waals surface area contributed by atoms with E-state index in [0.717, 1.165) is 31.9 Å². The minimum atomic E-state index is -0.0404. The normalized spacial score (nSPS) is 19.5. The summed E-state index contributed by atoms with van der Waals surface area (Å²) in [6.07, 6.45) is 0.977. The van der Waals surface area contributed by atoms with Crippen molar-refractivity contribution in [2.45, 2.75) is 12.5 Å². The minimum absolute atomic E-state index is 0.0404. The summed E-state index contributed by atoms with van der Waals surface area (Å²) in [5.74, 6) is 2.03. The van der Waals surface area contributed by atoms with Crippen molar-refractivity contribution in [2.75, 3.05) is 47.0 Å². The van der Waals surface area contributed by atoms with Gasteiger partial charge in [-0.3, -0.25) is 9.69 Å². The lowest BCUT2D eigenvalue weighted by atomic mass is 9.98. The fourth-order valence-corrected chi connectivity index (χ4v) is 4.16. The Hall–Kier alpha value is -2.73. The van der Waals surface area contributed by atoms with Crippen LogP contribution in [0.1, 0.15) is 28.4 Å². The average molecular weight is 382 g/mol. The number of amides is 1. The van der Waals surface area contributed by atoms with E-state index < -0.39 is 0 Å². The second-order valence-electron chi connectivity index (χ2n) is 7.06. The number of methoxy groups -OCH3 is 2. The number of rotatable bonds is 4. The first-order valence-corrected chi connectivity index (χ1v) is 9.69. The lowest BCUT2D eigenvalue weighted by Gasteiger charge is -2.41. The Labute approximate surface area is 165 Å². The second kappa shape index (κ2) is 8.10. The molecule has 0 saturated carbocycles. The molecule has 2 aromatic rings. The maximum absolute atomic E-state index is 13.2. The van der Waals surface area contributed by atoms with Gasteiger partial charge in [-0.15, -0.1) is 0 Å². The smallest absolute Gasteiger partial charge is 0.261 e. The highest BCUT2D eigenvalue weighted by Crippen LogP contribution is 2.36. The van der Waals surface area contributed by atoms with E-state index in [2.05, 4.69) is 17.0 Å². The van der Waals surface area contributed by atoms with Gasteiger partial charge in [0.2, 0.25) is 0 Å². The van der Waals surface area contributed by atoms with E-state index in [1.165, 1.54) is 5.56 Å². The van der Waals surface area contributed by atoms with Crippen LogP contribution < -0.4 is 14.2 Å². The molecule has 4 rings (SSSR count). The molecule has 0 aromatic heterocycles. The molecule has 0 aliphatic carbocycles. The molecule has 2 aliphatic heterocycles. The van der Waals surface area contributed by atoms with Crippen LogP contribution in [-0.4, -0.2) is 62.7 Å². The number of carbonyl (C=O) groups is 1. The van der Waals surface area contributed by atoms with Gasteiger partial charge in [-0.25, -0.2) is 0 Å². The van der Waals surface area contributed by atoms with Gasteiger partial charge in [0.15, 0.2) is 0 Å². The molecule has 1 atom stereocenters. The third-order valence-electron chi connectivity index (χ3n) is 5.61. The van der Waals surface area contributed by atoms with E-state index >= 15 is 0 Å². The Bertz CT molecular complexity index is 824. The molecule has 2 heterocycles. The van der Waals surface area contributed by atoms with Gasteiger partial charge in [-0.1, -0.05) is 24.3 Å². The maximum atomic E-state index is 13.2. The minimum Gasteiger partial charge on any atom is -0.496 e. The highest BCUT2D eigenvalue weighted by Gasteiger charge is 2.32. The second-order valence-corrected chi connectivity index (χ2v) is 7.06. The molecule has 1 fully saturated rings. The number of nitrogens with zero attached hydrogens (tertiary/aromatic N) is 2. The lowest BCUT2D eigenvalue weighted by molar-refractivity contribution is 0.0505. The summed E-state index contributed by atoms with van der Waals surface area (Å²) >= 11 is 0. The van der Waals surface area contributed by atoms with E-state index in [0.29, 0.717) is 36.2 Å². The summed E-state index contributed by atoms with van der Waals surface area (Å²) in [4.78, 5) is 17.5. The zero-order valence-corrected chi connectivity index (χ0v) is 16.4. The molecule has 0 spiro atoms. The Kier molecular flexibility index (Phi) is 5.39. The molecule has 0 N–H and O–H groups in total. The molecule has 1 unspecified atom stereocenters. The number of benzene rings is 2. The summed E-state index contributed by atoms with van der Waals surface area (Å²) in [6, 6.07) is 14.0. The highest BCUT2D eigenvalue weighted by atomic mass is 16.5. The van der Waals surface area contributed by atoms with E-state index in [1.807, 2.05) is 23.1 Å². The summed E-state index contributed by atoms with van der Waals surface area (Å²) in [6.45, 7) is 3.77. The van der Waals surface area contributed by atoms with Gasteiger partial charge in [-0.2, -0.15) is 0 Å². The number of para-hydroxylation sites is 1. The maximum Gasteiger partial charge on any atom is 0.261 e. The molecule has 1 amide bonds. The standard InChI is InChI=1S/C22H26N2O4/c1-26-19-8-5-9-20(27-2)21(19)22(25)24-13-11-23(12-14-24)17-10-15-28-18-7-4-3-6-16(17)18/h3-9,17H,10-15H2,1-2H3. The van der Waals surface area contributed by atoms with Crippen molar-refractivity contribution in [2.24, 2.45) is 0 Å². The molecule has 28 heavy (non-hydrogen) atoms. The topological polar surface area (TPSA) is 51.2 Å². The third kappa shape index (κ3) is 3.40. The van der Waals surface area contributed by atoms with Crippen LogP contribution in [0.4, 0.5) is 0 Å². The van der Waals surface area contributed by atoms with Gasteiger partial charge in [0, 0.05) is 44.2 Å².